The van der Waals surface area contributed by atoms with Crippen molar-refractivity contribution in [2.24, 2.45) is 0 Å². The zero-order chi connectivity index (χ0) is 27.9. The van der Waals surface area contributed by atoms with Gasteiger partial charge in [-0.1, -0.05) is 74.5 Å². The van der Waals surface area contributed by atoms with Gasteiger partial charge in [-0.15, -0.1) is 0 Å². The Morgan fingerprint density at radius 3 is 1.72 bits per heavy atom. The molecule has 39 heavy (non-hydrogen) atoms. The van der Waals surface area contributed by atoms with Crippen LogP contribution in [0.15, 0.2) is 66.7 Å². The van der Waals surface area contributed by atoms with Crippen molar-refractivity contribution in [1.82, 2.24) is 0 Å². The van der Waals surface area contributed by atoms with Crippen LogP contribution < -0.4 is 0 Å². The Morgan fingerprint density at radius 2 is 1.03 bits per heavy atom. The van der Waals surface area contributed by atoms with Crippen molar-refractivity contribution in [2.45, 2.75) is 66.1 Å². The molecule has 0 unspecified atom stereocenters. The lowest BCUT2D eigenvalue weighted by Gasteiger charge is -2.15. The Balaban J connectivity index is 1.45. The summed E-state index contributed by atoms with van der Waals surface area (Å²) in [5.41, 5.74) is 7.45. The van der Waals surface area contributed by atoms with Crippen molar-refractivity contribution >= 4 is 0 Å². The second-order valence-electron chi connectivity index (χ2n) is 10.1. The minimum absolute atomic E-state index is 0.189. The second kappa shape index (κ2) is 12.7. The van der Waals surface area contributed by atoms with Gasteiger partial charge in [-0.2, -0.15) is 0 Å². The molecule has 0 aliphatic rings. The predicted molar refractivity (Wildman–Crippen MR) is 155 cm³/mol. The SMILES string of the molecule is CCc1cc(Cc2cccc(CC)c2O)cc(COCc2cccc(CCc3cccc(C)c3O)c2O)c1O. The summed E-state index contributed by atoms with van der Waals surface area (Å²) >= 11 is 0. The first-order valence-electron chi connectivity index (χ1n) is 13.6. The van der Waals surface area contributed by atoms with E-state index in [1.165, 1.54) is 0 Å². The Kier molecular flexibility index (Phi) is 9.15. The van der Waals surface area contributed by atoms with E-state index in [0.717, 1.165) is 45.4 Å². The Hall–Kier alpha value is -3.96. The highest BCUT2D eigenvalue weighted by atomic mass is 16.5. The number of hydrogen-bond donors (Lipinski definition) is 4. The van der Waals surface area contributed by atoms with Gasteiger partial charge in [0.25, 0.3) is 0 Å². The Labute approximate surface area is 231 Å². The highest BCUT2D eigenvalue weighted by molar-refractivity contribution is 5.48. The molecule has 0 saturated heterocycles. The van der Waals surface area contributed by atoms with Crippen LogP contribution in [-0.2, 0) is 50.1 Å². The molecule has 0 radical (unpaired) electrons. The summed E-state index contributed by atoms with van der Waals surface area (Å²) in [5, 5.41) is 42.7. The van der Waals surface area contributed by atoms with Crippen LogP contribution in [0, 0.1) is 6.92 Å². The van der Waals surface area contributed by atoms with Crippen LogP contribution in [0.5, 0.6) is 23.0 Å². The number of aryl methyl sites for hydroxylation is 5. The molecule has 4 rings (SSSR count). The van der Waals surface area contributed by atoms with E-state index in [1.54, 1.807) is 0 Å². The number of para-hydroxylation sites is 3. The number of rotatable bonds is 11. The Morgan fingerprint density at radius 1 is 0.538 bits per heavy atom. The fourth-order valence-electron chi connectivity index (χ4n) is 5.03. The van der Waals surface area contributed by atoms with E-state index in [2.05, 4.69) is 0 Å². The van der Waals surface area contributed by atoms with Crippen LogP contribution in [-0.4, -0.2) is 20.4 Å². The molecule has 5 heteroatoms. The van der Waals surface area contributed by atoms with Crippen LogP contribution in [0.2, 0.25) is 0 Å². The van der Waals surface area contributed by atoms with Crippen molar-refractivity contribution in [1.29, 1.82) is 0 Å². The number of phenols is 4. The summed E-state index contributed by atoms with van der Waals surface area (Å²) in [6.45, 7) is 6.28. The zero-order valence-corrected chi connectivity index (χ0v) is 23.0. The largest absolute Gasteiger partial charge is 0.507 e. The minimum atomic E-state index is 0.189. The van der Waals surface area contributed by atoms with Gasteiger partial charge in [0, 0.05) is 17.5 Å². The molecular weight excluding hydrogens is 488 g/mol. The van der Waals surface area contributed by atoms with Crippen LogP contribution in [0.25, 0.3) is 0 Å². The molecular formula is C34H38O5. The van der Waals surface area contributed by atoms with Crippen molar-refractivity contribution in [3.05, 3.63) is 117 Å². The molecule has 0 bridgehead atoms. The zero-order valence-electron chi connectivity index (χ0n) is 23.0. The Bertz CT molecular complexity index is 1440. The molecule has 204 valence electrons. The topological polar surface area (TPSA) is 90.2 Å². The van der Waals surface area contributed by atoms with E-state index in [4.69, 9.17) is 4.74 Å². The molecule has 0 atom stereocenters. The standard InChI is InChI=1S/C34H38O5/c1-4-24-10-7-13-28(32(24)36)18-23-17-25(5-2)33(37)30(19-23)21-39-20-29-14-8-12-27(34(29)38)16-15-26-11-6-9-22(3)31(26)35/h6-14,17,19,35-38H,4-5,15-16,18,20-21H2,1-3H3. The molecule has 0 fully saturated rings. The van der Waals surface area contributed by atoms with Crippen LogP contribution in [0.3, 0.4) is 0 Å². The lowest BCUT2D eigenvalue weighted by molar-refractivity contribution is 0.103. The summed E-state index contributed by atoms with van der Waals surface area (Å²) in [4.78, 5) is 0. The van der Waals surface area contributed by atoms with Crippen LogP contribution >= 0.6 is 0 Å². The maximum Gasteiger partial charge on any atom is 0.124 e. The quantitative estimate of drug-likeness (QED) is 0.168. The van der Waals surface area contributed by atoms with Gasteiger partial charge in [-0.05, 0) is 77.6 Å². The van der Waals surface area contributed by atoms with Gasteiger partial charge < -0.3 is 25.2 Å². The normalized spacial score (nSPS) is 11.2. The van der Waals surface area contributed by atoms with Crippen molar-refractivity contribution < 1.29 is 25.2 Å². The summed E-state index contributed by atoms with van der Waals surface area (Å²) in [6, 6.07) is 21.1. The van der Waals surface area contributed by atoms with E-state index in [0.29, 0.717) is 48.3 Å². The van der Waals surface area contributed by atoms with Crippen molar-refractivity contribution in [2.75, 3.05) is 0 Å². The molecule has 0 amide bonds. The minimum Gasteiger partial charge on any atom is -0.507 e. The lowest BCUT2D eigenvalue weighted by atomic mass is 9.96. The first-order valence-corrected chi connectivity index (χ1v) is 13.6. The fraction of sp³-hybridized carbons (Fsp3) is 0.294. The van der Waals surface area contributed by atoms with Crippen molar-refractivity contribution in [3.63, 3.8) is 0 Å². The van der Waals surface area contributed by atoms with Gasteiger partial charge in [-0.25, -0.2) is 0 Å². The van der Waals surface area contributed by atoms with Gasteiger partial charge in [0.1, 0.15) is 23.0 Å². The molecule has 0 heterocycles. The number of aromatic hydroxyl groups is 4. The average molecular weight is 527 g/mol. The third-order valence-electron chi connectivity index (χ3n) is 7.39. The van der Waals surface area contributed by atoms with E-state index < -0.39 is 0 Å². The fourth-order valence-corrected chi connectivity index (χ4v) is 5.03. The first kappa shape index (κ1) is 28.1. The second-order valence-corrected chi connectivity index (χ2v) is 10.1. The third-order valence-corrected chi connectivity index (χ3v) is 7.39. The molecule has 5 nitrogen and oxygen atoms in total. The molecule has 0 spiro atoms. The van der Waals surface area contributed by atoms with Gasteiger partial charge in [0.15, 0.2) is 0 Å². The van der Waals surface area contributed by atoms with E-state index in [9.17, 15) is 20.4 Å². The number of hydrogen-bond acceptors (Lipinski definition) is 5. The smallest absolute Gasteiger partial charge is 0.124 e. The monoisotopic (exact) mass is 526 g/mol. The summed E-state index contributed by atoms with van der Waals surface area (Å²) < 4.78 is 5.98. The van der Waals surface area contributed by atoms with Gasteiger partial charge in [0.2, 0.25) is 0 Å². The molecule has 0 aliphatic carbocycles. The highest BCUT2D eigenvalue weighted by Crippen LogP contribution is 2.32. The number of benzene rings is 4. The third kappa shape index (κ3) is 6.55. The van der Waals surface area contributed by atoms with E-state index in [1.807, 2.05) is 87.5 Å². The predicted octanol–water partition coefficient (Wildman–Crippen LogP) is 7.04. The highest BCUT2D eigenvalue weighted by Gasteiger charge is 2.14. The molecule has 4 aromatic carbocycles. The molecule has 4 aromatic rings. The van der Waals surface area contributed by atoms with Gasteiger partial charge >= 0.3 is 0 Å². The maximum absolute atomic E-state index is 10.9. The molecule has 0 aliphatic heterocycles. The number of ether oxygens (including phenoxy) is 1. The van der Waals surface area contributed by atoms with Crippen LogP contribution in [0.1, 0.15) is 63.9 Å². The lowest BCUT2D eigenvalue weighted by Crippen LogP contribution is -2.01. The molecule has 0 aromatic heterocycles. The van der Waals surface area contributed by atoms with E-state index >= 15 is 0 Å². The van der Waals surface area contributed by atoms with Crippen molar-refractivity contribution in [3.8, 4) is 23.0 Å². The summed E-state index contributed by atoms with van der Waals surface area (Å²) in [7, 11) is 0. The maximum atomic E-state index is 10.9. The molecule has 4 N–H and O–H groups in total. The van der Waals surface area contributed by atoms with Gasteiger partial charge in [-0.3, -0.25) is 0 Å². The molecule has 0 saturated carbocycles. The summed E-state index contributed by atoms with van der Waals surface area (Å²) in [5.74, 6) is 1.06. The number of phenolic OH excluding ortho intramolecular Hbond substituents is 4. The first-order chi connectivity index (χ1) is 18.8. The summed E-state index contributed by atoms with van der Waals surface area (Å²) in [6.07, 6.45) is 3.19. The van der Waals surface area contributed by atoms with Crippen LogP contribution in [0.4, 0.5) is 0 Å². The average Bonchev–Trinajstić information content (AvgIpc) is 2.93. The van der Waals surface area contributed by atoms with E-state index in [-0.39, 0.29) is 24.7 Å². The van der Waals surface area contributed by atoms with Gasteiger partial charge in [0.05, 0.1) is 13.2 Å².